The van der Waals surface area contributed by atoms with Gasteiger partial charge in [-0.3, -0.25) is 9.36 Å². The van der Waals surface area contributed by atoms with E-state index >= 15 is 0 Å². The Bertz CT molecular complexity index is 841. The lowest BCUT2D eigenvalue weighted by atomic mass is 9.97. The second kappa shape index (κ2) is 8.95. The SMILES string of the molecule is C[C@H](Sc1nnc(C2CC2)n1-c1ccccc1)C(=O)NCCC1=CCCCC1. The minimum atomic E-state index is -0.209. The number of hydrogen-bond donors (Lipinski definition) is 1. The maximum atomic E-state index is 12.6. The van der Waals surface area contributed by atoms with Crippen LogP contribution >= 0.6 is 11.8 Å². The molecule has 0 spiro atoms. The van der Waals surface area contributed by atoms with Gasteiger partial charge in [-0.15, -0.1) is 10.2 Å². The Hall–Kier alpha value is -2.08. The zero-order valence-electron chi connectivity index (χ0n) is 16.4. The molecule has 0 saturated heterocycles. The average molecular weight is 397 g/mol. The van der Waals surface area contributed by atoms with Crippen LogP contribution < -0.4 is 5.32 Å². The maximum absolute atomic E-state index is 12.6. The van der Waals surface area contributed by atoms with Crippen LogP contribution in [0.25, 0.3) is 5.69 Å². The zero-order valence-corrected chi connectivity index (χ0v) is 17.3. The number of rotatable bonds is 8. The predicted octanol–water partition coefficient (Wildman–Crippen LogP) is 4.63. The summed E-state index contributed by atoms with van der Waals surface area (Å²) in [6.07, 6.45) is 10.6. The predicted molar refractivity (Wildman–Crippen MR) is 113 cm³/mol. The van der Waals surface area contributed by atoms with E-state index in [0.717, 1.165) is 23.1 Å². The number of nitrogens with one attached hydrogen (secondary N) is 1. The molecule has 0 aliphatic heterocycles. The molecule has 1 fully saturated rings. The van der Waals surface area contributed by atoms with Crippen molar-refractivity contribution >= 4 is 17.7 Å². The van der Waals surface area contributed by atoms with Crippen molar-refractivity contribution in [3.8, 4) is 5.69 Å². The Labute approximate surface area is 171 Å². The van der Waals surface area contributed by atoms with Crippen LogP contribution in [-0.4, -0.2) is 32.5 Å². The fourth-order valence-corrected chi connectivity index (χ4v) is 4.52. The van der Waals surface area contributed by atoms with Gasteiger partial charge < -0.3 is 5.32 Å². The molecule has 2 aliphatic carbocycles. The Kier molecular flexibility index (Phi) is 6.15. The van der Waals surface area contributed by atoms with Crippen LogP contribution in [0.4, 0.5) is 0 Å². The van der Waals surface area contributed by atoms with Gasteiger partial charge >= 0.3 is 0 Å². The number of allylic oxidation sites excluding steroid dienone is 1. The molecule has 1 N–H and O–H groups in total. The summed E-state index contributed by atoms with van der Waals surface area (Å²) in [4.78, 5) is 12.6. The molecule has 2 aromatic rings. The van der Waals surface area contributed by atoms with E-state index in [9.17, 15) is 4.79 Å². The lowest BCUT2D eigenvalue weighted by molar-refractivity contribution is -0.120. The van der Waals surface area contributed by atoms with Crippen molar-refractivity contribution in [3.05, 3.63) is 47.8 Å². The highest BCUT2D eigenvalue weighted by Crippen LogP contribution is 2.41. The molecular formula is C22H28N4OS. The number of nitrogens with zero attached hydrogens (tertiary/aromatic N) is 3. The van der Waals surface area contributed by atoms with Crippen LogP contribution in [-0.2, 0) is 4.79 Å². The van der Waals surface area contributed by atoms with Gasteiger partial charge in [0.05, 0.1) is 5.25 Å². The first-order chi connectivity index (χ1) is 13.7. The quantitative estimate of drug-likeness (QED) is 0.522. The zero-order chi connectivity index (χ0) is 19.3. The molecule has 148 valence electrons. The summed E-state index contributed by atoms with van der Waals surface area (Å²) in [6.45, 7) is 2.66. The molecule has 28 heavy (non-hydrogen) atoms. The monoisotopic (exact) mass is 396 g/mol. The number of hydrogen-bond acceptors (Lipinski definition) is 4. The number of amides is 1. The summed E-state index contributed by atoms with van der Waals surface area (Å²) in [6, 6.07) is 10.2. The van der Waals surface area contributed by atoms with Crippen LogP contribution in [0.2, 0.25) is 0 Å². The number of carbonyl (C=O) groups is 1. The molecule has 1 atom stereocenters. The lowest BCUT2D eigenvalue weighted by Crippen LogP contribution is -2.32. The van der Waals surface area contributed by atoms with Crippen LogP contribution in [0, 0.1) is 0 Å². The van der Waals surface area contributed by atoms with Crippen molar-refractivity contribution in [3.63, 3.8) is 0 Å². The molecule has 0 bridgehead atoms. The van der Waals surface area contributed by atoms with Gasteiger partial charge in [0, 0.05) is 18.2 Å². The van der Waals surface area contributed by atoms with Crippen molar-refractivity contribution in [1.29, 1.82) is 0 Å². The molecule has 5 nitrogen and oxygen atoms in total. The lowest BCUT2D eigenvalue weighted by Gasteiger charge is -2.15. The van der Waals surface area contributed by atoms with E-state index in [2.05, 4.69) is 38.3 Å². The average Bonchev–Trinajstić information content (AvgIpc) is 3.49. The smallest absolute Gasteiger partial charge is 0.233 e. The van der Waals surface area contributed by atoms with Gasteiger partial charge in [0.1, 0.15) is 5.82 Å². The molecule has 6 heteroatoms. The summed E-state index contributed by atoms with van der Waals surface area (Å²) in [7, 11) is 0. The number of para-hydroxylation sites is 1. The fourth-order valence-electron chi connectivity index (χ4n) is 3.62. The summed E-state index contributed by atoms with van der Waals surface area (Å²) in [5.74, 6) is 1.58. The van der Waals surface area contributed by atoms with Crippen molar-refractivity contribution in [2.24, 2.45) is 0 Å². The molecule has 1 aromatic heterocycles. The second-order valence-corrected chi connectivity index (χ2v) is 9.00. The second-order valence-electron chi connectivity index (χ2n) is 7.70. The summed E-state index contributed by atoms with van der Waals surface area (Å²) < 4.78 is 2.12. The normalized spacial score (nSPS) is 17.8. The molecule has 0 radical (unpaired) electrons. The minimum Gasteiger partial charge on any atom is -0.355 e. The van der Waals surface area contributed by atoms with Gasteiger partial charge in [-0.25, -0.2) is 0 Å². The van der Waals surface area contributed by atoms with E-state index in [4.69, 9.17) is 0 Å². The van der Waals surface area contributed by atoms with E-state index in [-0.39, 0.29) is 11.2 Å². The van der Waals surface area contributed by atoms with E-state index in [1.807, 2.05) is 25.1 Å². The molecule has 1 aromatic carbocycles. The third-order valence-electron chi connectivity index (χ3n) is 5.40. The van der Waals surface area contributed by atoms with E-state index in [1.54, 1.807) is 0 Å². The number of benzene rings is 1. The Morgan fingerprint density at radius 1 is 1.25 bits per heavy atom. The molecule has 1 heterocycles. The first-order valence-electron chi connectivity index (χ1n) is 10.4. The standard InChI is InChI=1S/C22H28N4OS/c1-16(21(27)23-15-14-17-8-4-2-5-9-17)28-22-25-24-20(18-12-13-18)26(22)19-10-6-3-7-11-19/h3,6-8,10-11,16,18H,2,4-5,9,12-15H2,1H3,(H,23,27)/t16-/m0/s1. The summed E-state index contributed by atoms with van der Waals surface area (Å²) in [5, 5.41) is 12.5. The largest absolute Gasteiger partial charge is 0.355 e. The van der Waals surface area contributed by atoms with Crippen LogP contribution in [0.15, 0.2) is 47.1 Å². The van der Waals surface area contributed by atoms with Crippen LogP contribution in [0.5, 0.6) is 0 Å². The highest BCUT2D eigenvalue weighted by Gasteiger charge is 2.31. The van der Waals surface area contributed by atoms with Crippen molar-refractivity contribution in [2.45, 2.75) is 68.2 Å². The number of thioether (sulfide) groups is 1. The summed E-state index contributed by atoms with van der Waals surface area (Å²) >= 11 is 1.49. The van der Waals surface area contributed by atoms with Gasteiger partial charge in [0.25, 0.3) is 0 Å². The minimum absolute atomic E-state index is 0.0667. The van der Waals surface area contributed by atoms with Gasteiger partial charge in [0.15, 0.2) is 5.16 Å². The first-order valence-corrected chi connectivity index (χ1v) is 11.2. The van der Waals surface area contributed by atoms with E-state index in [1.165, 1.54) is 55.9 Å². The van der Waals surface area contributed by atoms with Gasteiger partial charge in [0.2, 0.25) is 5.91 Å². The van der Waals surface area contributed by atoms with Gasteiger partial charge in [-0.1, -0.05) is 41.6 Å². The van der Waals surface area contributed by atoms with E-state index in [0.29, 0.717) is 12.5 Å². The van der Waals surface area contributed by atoms with Gasteiger partial charge in [-0.05, 0) is 64.0 Å². The number of carbonyl (C=O) groups excluding carboxylic acids is 1. The van der Waals surface area contributed by atoms with Crippen molar-refractivity contribution < 1.29 is 4.79 Å². The molecular weight excluding hydrogens is 368 g/mol. The Morgan fingerprint density at radius 3 is 2.79 bits per heavy atom. The molecule has 1 saturated carbocycles. The maximum Gasteiger partial charge on any atom is 0.233 e. The van der Waals surface area contributed by atoms with Crippen LogP contribution in [0.3, 0.4) is 0 Å². The highest BCUT2D eigenvalue weighted by atomic mass is 32.2. The Morgan fingerprint density at radius 2 is 2.07 bits per heavy atom. The first kappa shape index (κ1) is 19.2. The summed E-state index contributed by atoms with van der Waals surface area (Å²) in [5.41, 5.74) is 2.55. The third-order valence-corrected chi connectivity index (χ3v) is 6.44. The highest BCUT2D eigenvalue weighted by molar-refractivity contribution is 8.00. The number of aromatic nitrogens is 3. The molecule has 2 aliphatic rings. The van der Waals surface area contributed by atoms with Crippen molar-refractivity contribution in [1.82, 2.24) is 20.1 Å². The van der Waals surface area contributed by atoms with Crippen molar-refractivity contribution in [2.75, 3.05) is 6.54 Å². The molecule has 0 unspecified atom stereocenters. The van der Waals surface area contributed by atoms with Crippen LogP contribution in [0.1, 0.15) is 63.6 Å². The topological polar surface area (TPSA) is 59.8 Å². The Balaban J connectivity index is 1.39. The molecule has 4 rings (SSSR count). The van der Waals surface area contributed by atoms with E-state index < -0.39 is 0 Å². The molecule has 1 amide bonds. The fraction of sp³-hybridized carbons (Fsp3) is 0.500. The third kappa shape index (κ3) is 4.66. The van der Waals surface area contributed by atoms with Gasteiger partial charge in [-0.2, -0.15) is 0 Å².